The Labute approximate surface area is 147 Å². The standard InChI is InChI=1S/C19H23FN2O3/c1-14(16-5-3-4-6-17(16)20)11-18(23)21-12-15-7-8-19(22-13-15)25-10-9-24-2/h3-8,13-14H,9-12H2,1-2H3,(H,21,23). The molecule has 6 heteroatoms. The molecule has 0 fully saturated rings. The molecular formula is C19H23FN2O3. The minimum Gasteiger partial charge on any atom is -0.475 e. The number of nitrogens with zero attached hydrogens (tertiary/aromatic N) is 1. The predicted octanol–water partition coefficient (Wildman–Crippen LogP) is 3.06. The topological polar surface area (TPSA) is 60.5 Å². The lowest BCUT2D eigenvalue weighted by molar-refractivity contribution is -0.121. The molecule has 0 aliphatic rings. The molecule has 0 aliphatic carbocycles. The number of nitrogens with one attached hydrogen (secondary N) is 1. The van der Waals surface area contributed by atoms with Gasteiger partial charge in [-0.3, -0.25) is 4.79 Å². The van der Waals surface area contributed by atoms with E-state index in [0.29, 0.717) is 31.2 Å². The van der Waals surface area contributed by atoms with Crippen LogP contribution in [0.1, 0.15) is 30.4 Å². The van der Waals surface area contributed by atoms with Crippen molar-refractivity contribution in [3.05, 3.63) is 59.5 Å². The molecule has 0 saturated carbocycles. The first-order chi connectivity index (χ1) is 12.1. The molecule has 1 aromatic heterocycles. The van der Waals surface area contributed by atoms with Crippen LogP contribution < -0.4 is 10.1 Å². The summed E-state index contributed by atoms with van der Waals surface area (Å²) in [6.07, 6.45) is 1.88. The Kier molecular flexibility index (Phi) is 7.35. The van der Waals surface area contributed by atoms with E-state index in [0.717, 1.165) is 5.56 Å². The van der Waals surface area contributed by atoms with Crippen molar-refractivity contribution in [1.82, 2.24) is 10.3 Å². The summed E-state index contributed by atoms with van der Waals surface area (Å²) in [7, 11) is 1.61. The van der Waals surface area contributed by atoms with Gasteiger partial charge >= 0.3 is 0 Å². The van der Waals surface area contributed by atoms with E-state index in [4.69, 9.17) is 9.47 Å². The third kappa shape index (κ3) is 6.15. The summed E-state index contributed by atoms with van der Waals surface area (Å²) in [5.41, 5.74) is 1.42. The van der Waals surface area contributed by atoms with Gasteiger partial charge < -0.3 is 14.8 Å². The molecule has 5 nitrogen and oxygen atoms in total. The van der Waals surface area contributed by atoms with E-state index in [2.05, 4.69) is 10.3 Å². The normalized spacial score (nSPS) is 11.8. The highest BCUT2D eigenvalue weighted by Crippen LogP contribution is 2.21. The van der Waals surface area contributed by atoms with Crippen LogP contribution in [0, 0.1) is 5.82 Å². The number of pyridine rings is 1. The van der Waals surface area contributed by atoms with Gasteiger partial charge in [0.25, 0.3) is 0 Å². The van der Waals surface area contributed by atoms with E-state index in [-0.39, 0.29) is 24.1 Å². The van der Waals surface area contributed by atoms with E-state index >= 15 is 0 Å². The van der Waals surface area contributed by atoms with Gasteiger partial charge in [0.1, 0.15) is 12.4 Å². The van der Waals surface area contributed by atoms with Crippen molar-refractivity contribution in [1.29, 1.82) is 0 Å². The quantitative estimate of drug-likeness (QED) is 0.709. The third-order valence-corrected chi connectivity index (χ3v) is 3.75. The molecule has 134 valence electrons. The van der Waals surface area contributed by atoms with E-state index in [1.165, 1.54) is 6.07 Å². The molecule has 2 aromatic rings. The van der Waals surface area contributed by atoms with Crippen molar-refractivity contribution >= 4 is 5.91 Å². The zero-order valence-corrected chi connectivity index (χ0v) is 14.5. The summed E-state index contributed by atoms with van der Waals surface area (Å²) in [5, 5.41) is 2.83. The molecule has 1 heterocycles. The van der Waals surface area contributed by atoms with Gasteiger partial charge in [-0.1, -0.05) is 31.2 Å². The zero-order valence-electron chi connectivity index (χ0n) is 14.5. The summed E-state index contributed by atoms with van der Waals surface area (Å²) < 4.78 is 24.0. The van der Waals surface area contributed by atoms with Gasteiger partial charge in [0.05, 0.1) is 6.61 Å². The van der Waals surface area contributed by atoms with Gasteiger partial charge in [-0.2, -0.15) is 0 Å². The largest absolute Gasteiger partial charge is 0.475 e. The average molecular weight is 346 g/mol. The Hall–Kier alpha value is -2.47. The molecule has 0 spiro atoms. The van der Waals surface area contributed by atoms with Crippen LogP contribution in [0.25, 0.3) is 0 Å². The highest BCUT2D eigenvalue weighted by atomic mass is 19.1. The van der Waals surface area contributed by atoms with Crippen molar-refractivity contribution in [2.24, 2.45) is 0 Å². The molecule has 1 unspecified atom stereocenters. The molecule has 0 radical (unpaired) electrons. The van der Waals surface area contributed by atoms with Gasteiger partial charge in [0.2, 0.25) is 11.8 Å². The number of carbonyl (C=O) groups excluding carboxylic acids is 1. The van der Waals surface area contributed by atoms with Gasteiger partial charge in [0, 0.05) is 32.3 Å². The smallest absolute Gasteiger partial charge is 0.220 e. The van der Waals surface area contributed by atoms with Crippen LogP contribution in [0.3, 0.4) is 0 Å². The Morgan fingerprint density at radius 3 is 2.72 bits per heavy atom. The number of benzene rings is 1. The molecule has 2 rings (SSSR count). The molecular weight excluding hydrogens is 323 g/mol. The molecule has 25 heavy (non-hydrogen) atoms. The van der Waals surface area contributed by atoms with Gasteiger partial charge in [-0.05, 0) is 23.1 Å². The van der Waals surface area contributed by atoms with Crippen molar-refractivity contribution in [2.45, 2.75) is 25.8 Å². The lowest BCUT2D eigenvalue weighted by Crippen LogP contribution is -2.24. The lowest BCUT2D eigenvalue weighted by atomic mass is 9.97. The van der Waals surface area contributed by atoms with E-state index in [9.17, 15) is 9.18 Å². The predicted molar refractivity (Wildman–Crippen MR) is 92.9 cm³/mol. The second-order valence-corrected chi connectivity index (χ2v) is 5.75. The Morgan fingerprint density at radius 1 is 1.24 bits per heavy atom. The van der Waals surface area contributed by atoms with Crippen molar-refractivity contribution in [3.8, 4) is 5.88 Å². The fourth-order valence-corrected chi connectivity index (χ4v) is 2.37. The number of aromatic nitrogens is 1. The SMILES string of the molecule is COCCOc1ccc(CNC(=O)CC(C)c2ccccc2F)cn1. The van der Waals surface area contributed by atoms with E-state index in [1.807, 2.05) is 13.0 Å². The van der Waals surface area contributed by atoms with Crippen molar-refractivity contribution < 1.29 is 18.7 Å². The van der Waals surface area contributed by atoms with Gasteiger partial charge in [-0.15, -0.1) is 0 Å². The highest BCUT2D eigenvalue weighted by molar-refractivity contribution is 5.76. The van der Waals surface area contributed by atoms with Crippen molar-refractivity contribution in [2.75, 3.05) is 20.3 Å². The first kappa shape index (κ1) is 18.9. The molecule has 0 saturated heterocycles. The molecule has 1 aromatic carbocycles. The van der Waals surface area contributed by atoms with Crippen LogP contribution in [-0.4, -0.2) is 31.2 Å². The number of hydrogen-bond donors (Lipinski definition) is 1. The summed E-state index contributed by atoms with van der Waals surface area (Å²) in [6, 6.07) is 10.1. The molecule has 0 aliphatic heterocycles. The van der Waals surface area contributed by atoms with Crippen LogP contribution in [0.2, 0.25) is 0 Å². The Morgan fingerprint density at radius 2 is 2.04 bits per heavy atom. The summed E-state index contributed by atoms with van der Waals surface area (Å²) in [6.45, 7) is 3.15. The number of halogens is 1. The highest BCUT2D eigenvalue weighted by Gasteiger charge is 2.14. The Bertz CT molecular complexity index is 677. The first-order valence-corrected chi connectivity index (χ1v) is 8.18. The number of amides is 1. The van der Waals surface area contributed by atoms with Crippen LogP contribution in [0.15, 0.2) is 42.6 Å². The first-order valence-electron chi connectivity index (χ1n) is 8.18. The number of methoxy groups -OCH3 is 1. The van der Waals surface area contributed by atoms with Gasteiger partial charge in [-0.25, -0.2) is 9.37 Å². The van der Waals surface area contributed by atoms with E-state index in [1.54, 1.807) is 37.6 Å². The van der Waals surface area contributed by atoms with Crippen LogP contribution in [-0.2, 0) is 16.1 Å². The zero-order chi connectivity index (χ0) is 18.1. The maximum Gasteiger partial charge on any atom is 0.220 e. The minimum atomic E-state index is -0.281. The second-order valence-electron chi connectivity index (χ2n) is 5.75. The Balaban J connectivity index is 1.78. The minimum absolute atomic E-state index is 0.129. The second kappa shape index (κ2) is 9.74. The number of carbonyl (C=O) groups is 1. The number of ether oxygens (including phenoxy) is 2. The molecule has 1 atom stereocenters. The van der Waals surface area contributed by atoms with Crippen LogP contribution in [0.4, 0.5) is 4.39 Å². The van der Waals surface area contributed by atoms with Crippen LogP contribution in [0.5, 0.6) is 5.88 Å². The molecule has 0 bridgehead atoms. The van der Waals surface area contributed by atoms with E-state index < -0.39 is 0 Å². The maximum atomic E-state index is 13.7. The maximum absolute atomic E-state index is 13.7. The fraction of sp³-hybridized carbons (Fsp3) is 0.368. The molecule has 1 N–H and O–H groups in total. The summed E-state index contributed by atoms with van der Waals surface area (Å²) in [5.74, 6) is -0.0802. The lowest BCUT2D eigenvalue weighted by Gasteiger charge is -2.13. The number of hydrogen-bond acceptors (Lipinski definition) is 4. The van der Waals surface area contributed by atoms with Crippen molar-refractivity contribution in [3.63, 3.8) is 0 Å². The average Bonchev–Trinajstić information content (AvgIpc) is 2.61. The van der Waals surface area contributed by atoms with Gasteiger partial charge in [0.15, 0.2) is 0 Å². The monoisotopic (exact) mass is 346 g/mol. The molecule has 1 amide bonds. The number of rotatable bonds is 9. The fourth-order valence-electron chi connectivity index (χ4n) is 2.37. The summed E-state index contributed by atoms with van der Waals surface area (Å²) in [4.78, 5) is 16.2. The van der Waals surface area contributed by atoms with Crippen LogP contribution >= 0.6 is 0 Å². The third-order valence-electron chi connectivity index (χ3n) is 3.75. The summed E-state index contributed by atoms with van der Waals surface area (Å²) >= 11 is 0.